The lowest BCUT2D eigenvalue weighted by molar-refractivity contribution is -0.139. The molecule has 8 heteroatoms. The third-order valence-corrected chi connectivity index (χ3v) is 4.75. The minimum Gasteiger partial charge on any atom is -0.462 e. The lowest BCUT2D eigenvalue weighted by Gasteiger charge is -2.14. The Hall–Kier alpha value is -3.68. The van der Waals surface area contributed by atoms with Gasteiger partial charge < -0.3 is 19.7 Å². The van der Waals surface area contributed by atoms with Crippen LogP contribution in [0.3, 0.4) is 0 Å². The monoisotopic (exact) mass is 406 g/mol. The number of aromatic nitrogens is 2. The molecule has 2 aliphatic heterocycles. The molecule has 1 saturated heterocycles. The van der Waals surface area contributed by atoms with E-state index in [1.807, 2.05) is 18.2 Å². The van der Waals surface area contributed by atoms with Crippen LogP contribution in [0.1, 0.15) is 25.3 Å². The highest BCUT2D eigenvalue weighted by atomic mass is 16.5. The first-order chi connectivity index (χ1) is 14.7. The molecule has 0 unspecified atom stereocenters. The summed E-state index contributed by atoms with van der Waals surface area (Å²) in [5.41, 5.74) is 1.12. The number of allylic oxidation sites excluding steroid dienone is 1. The van der Waals surface area contributed by atoms with Gasteiger partial charge in [0.15, 0.2) is 11.3 Å². The van der Waals surface area contributed by atoms with Crippen LogP contribution in [0.4, 0.5) is 11.6 Å². The summed E-state index contributed by atoms with van der Waals surface area (Å²) in [5.74, 6) is -0.551. The number of nitrogens with one attached hydrogen (secondary N) is 1. The van der Waals surface area contributed by atoms with E-state index in [9.17, 15) is 9.59 Å². The van der Waals surface area contributed by atoms with E-state index in [4.69, 9.17) is 9.47 Å². The molecule has 4 rings (SSSR count). The number of hydrogen-bond donors (Lipinski definition) is 1. The summed E-state index contributed by atoms with van der Waals surface area (Å²) >= 11 is 0. The van der Waals surface area contributed by atoms with E-state index in [1.165, 1.54) is 6.08 Å². The van der Waals surface area contributed by atoms with Gasteiger partial charge in [-0.3, -0.25) is 4.79 Å². The number of esters is 1. The van der Waals surface area contributed by atoms with Crippen molar-refractivity contribution in [2.75, 3.05) is 29.9 Å². The second-order valence-corrected chi connectivity index (χ2v) is 6.87. The average molecular weight is 406 g/mol. The van der Waals surface area contributed by atoms with E-state index in [1.54, 1.807) is 31.5 Å². The van der Waals surface area contributed by atoms with Crippen LogP contribution in [0, 0.1) is 0 Å². The fraction of sp³-hybridized carbons (Fsp3) is 0.273. The second-order valence-electron chi connectivity index (χ2n) is 6.87. The second kappa shape index (κ2) is 8.77. The Kier molecular flexibility index (Phi) is 5.74. The first kappa shape index (κ1) is 19.6. The number of para-hydroxylation sites is 1. The number of benzene rings is 1. The van der Waals surface area contributed by atoms with Gasteiger partial charge in [0.2, 0.25) is 17.6 Å². The highest BCUT2D eigenvalue weighted by Crippen LogP contribution is 2.28. The Morgan fingerprint density at radius 1 is 1.20 bits per heavy atom. The van der Waals surface area contributed by atoms with Crippen molar-refractivity contribution < 1.29 is 19.1 Å². The van der Waals surface area contributed by atoms with Gasteiger partial charge in [-0.2, -0.15) is 0 Å². The fourth-order valence-corrected chi connectivity index (χ4v) is 3.30. The zero-order valence-electron chi connectivity index (χ0n) is 16.6. The molecule has 0 aliphatic carbocycles. The molecule has 30 heavy (non-hydrogen) atoms. The van der Waals surface area contributed by atoms with Crippen LogP contribution in [0.2, 0.25) is 0 Å². The molecule has 0 bridgehead atoms. The first-order valence-corrected chi connectivity index (χ1v) is 9.90. The zero-order chi connectivity index (χ0) is 20.9. The summed E-state index contributed by atoms with van der Waals surface area (Å²) in [4.78, 5) is 36.1. The molecule has 3 heterocycles. The maximum absolute atomic E-state index is 12.9. The summed E-state index contributed by atoms with van der Waals surface area (Å²) in [7, 11) is 0. The normalized spacial score (nSPS) is 17.4. The summed E-state index contributed by atoms with van der Waals surface area (Å²) in [5, 5.41) is 2.98. The van der Waals surface area contributed by atoms with Gasteiger partial charge in [-0.1, -0.05) is 18.2 Å². The van der Waals surface area contributed by atoms with Gasteiger partial charge in [-0.15, -0.1) is 0 Å². The molecule has 0 atom stereocenters. The van der Waals surface area contributed by atoms with E-state index in [2.05, 4.69) is 20.2 Å². The van der Waals surface area contributed by atoms with E-state index in [0.717, 1.165) is 25.9 Å². The van der Waals surface area contributed by atoms with Gasteiger partial charge in [-0.25, -0.2) is 14.8 Å². The van der Waals surface area contributed by atoms with Crippen molar-refractivity contribution in [2.24, 2.45) is 0 Å². The third kappa shape index (κ3) is 4.17. The van der Waals surface area contributed by atoms with Crippen LogP contribution in [-0.4, -0.2) is 41.4 Å². The number of carbonyl (C=O) groups excluding carboxylic acids is 2. The van der Waals surface area contributed by atoms with Crippen LogP contribution >= 0.6 is 0 Å². The van der Waals surface area contributed by atoms with Crippen LogP contribution in [-0.2, 0) is 19.1 Å². The number of hydrogen-bond acceptors (Lipinski definition) is 8. The lowest BCUT2D eigenvalue weighted by atomic mass is 10.1. The van der Waals surface area contributed by atoms with Gasteiger partial charge in [-0.05, 0) is 38.0 Å². The zero-order valence-corrected chi connectivity index (χ0v) is 16.6. The Balaban J connectivity index is 1.57. The molecule has 0 radical (unpaired) electrons. The molecule has 0 amide bonds. The van der Waals surface area contributed by atoms with E-state index < -0.39 is 11.8 Å². The maximum Gasteiger partial charge on any atom is 0.347 e. The molecule has 0 spiro atoms. The lowest BCUT2D eigenvalue weighted by Crippen LogP contribution is -2.20. The summed E-state index contributed by atoms with van der Waals surface area (Å²) < 4.78 is 10.7. The predicted molar refractivity (Wildman–Crippen MR) is 111 cm³/mol. The van der Waals surface area contributed by atoms with Crippen molar-refractivity contribution in [2.45, 2.75) is 19.8 Å². The standard InChI is InChI=1S/C22H22N4O4/c1-2-29-21(28)18-19(27)17(30-20(18)25-16-8-4-3-5-9-16)12-15-13-23-22(24-14-15)26-10-6-7-11-26/h3-5,8-9,12-14,25H,2,6-7,10-11H2,1H3/b17-12-. The largest absolute Gasteiger partial charge is 0.462 e. The van der Waals surface area contributed by atoms with Crippen LogP contribution in [0.5, 0.6) is 0 Å². The van der Waals surface area contributed by atoms with Crippen molar-refractivity contribution in [3.8, 4) is 0 Å². The minimum absolute atomic E-state index is 0.00834. The number of ketones is 1. The molecule has 154 valence electrons. The molecule has 8 nitrogen and oxygen atoms in total. The molecule has 1 N–H and O–H groups in total. The molecule has 1 aromatic carbocycles. The average Bonchev–Trinajstić information content (AvgIpc) is 3.39. The number of Topliss-reactive ketones (excluding diaryl/α,β-unsaturated/α-hetero) is 1. The Morgan fingerprint density at radius 3 is 2.57 bits per heavy atom. The van der Waals surface area contributed by atoms with Crippen molar-refractivity contribution in [3.63, 3.8) is 0 Å². The van der Waals surface area contributed by atoms with Crippen molar-refractivity contribution in [1.82, 2.24) is 9.97 Å². The summed E-state index contributed by atoms with van der Waals surface area (Å²) in [6.07, 6.45) is 7.07. The van der Waals surface area contributed by atoms with E-state index in [-0.39, 0.29) is 23.8 Å². The van der Waals surface area contributed by atoms with E-state index in [0.29, 0.717) is 17.2 Å². The molecule has 0 saturated carbocycles. The number of ether oxygens (including phenoxy) is 2. The first-order valence-electron chi connectivity index (χ1n) is 9.90. The number of nitrogens with zero attached hydrogens (tertiary/aromatic N) is 3. The van der Waals surface area contributed by atoms with Crippen LogP contribution in [0.15, 0.2) is 59.9 Å². The molecule has 2 aliphatic rings. The number of carbonyl (C=O) groups is 2. The highest BCUT2D eigenvalue weighted by molar-refractivity contribution is 6.26. The number of rotatable bonds is 6. The number of anilines is 2. The van der Waals surface area contributed by atoms with Gasteiger partial charge >= 0.3 is 5.97 Å². The summed E-state index contributed by atoms with van der Waals surface area (Å²) in [6, 6.07) is 9.13. The molecular weight excluding hydrogens is 384 g/mol. The third-order valence-electron chi connectivity index (χ3n) is 4.75. The Bertz CT molecular complexity index is 994. The van der Waals surface area contributed by atoms with Gasteiger partial charge in [0.05, 0.1) is 6.61 Å². The Morgan fingerprint density at radius 2 is 1.90 bits per heavy atom. The SMILES string of the molecule is CCOC(=O)C1=C(Nc2ccccc2)O/C(=C\c2cnc(N3CCCC3)nc2)C1=O. The fourth-order valence-electron chi connectivity index (χ4n) is 3.30. The Labute approximate surface area is 174 Å². The highest BCUT2D eigenvalue weighted by Gasteiger charge is 2.37. The van der Waals surface area contributed by atoms with Crippen molar-refractivity contribution in [3.05, 3.63) is 65.5 Å². The minimum atomic E-state index is -0.732. The summed E-state index contributed by atoms with van der Waals surface area (Å²) in [6.45, 7) is 3.73. The van der Waals surface area contributed by atoms with Crippen LogP contribution in [0.25, 0.3) is 6.08 Å². The van der Waals surface area contributed by atoms with Gasteiger partial charge in [0, 0.05) is 36.7 Å². The molecule has 1 fully saturated rings. The van der Waals surface area contributed by atoms with Crippen LogP contribution < -0.4 is 10.2 Å². The smallest absolute Gasteiger partial charge is 0.347 e. The molecule has 1 aromatic heterocycles. The maximum atomic E-state index is 12.9. The van der Waals surface area contributed by atoms with Crippen molar-refractivity contribution in [1.29, 1.82) is 0 Å². The van der Waals surface area contributed by atoms with Gasteiger partial charge in [0.1, 0.15) is 0 Å². The predicted octanol–water partition coefficient (Wildman–Crippen LogP) is 2.90. The van der Waals surface area contributed by atoms with Crippen molar-refractivity contribution >= 4 is 29.5 Å². The van der Waals surface area contributed by atoms with Gasteiger partial charge in [0.25, 0.3) is 0 Å². The molecular formula is C22H22N4O4. The quantitative estimate of drug-likeness (QED) is 0.445. The molecule has 2 aromatic rings. The van der Waals surface area contributed by atoms with E-state index >= 15 is 0 Å². The topological polar surface area (TPSA) is 93.7 Å².